The first kappa shape index (κ1) is 12.4. The number of carbonyl (C=O) groups is 2. The van der Waals surface area contributed by atoms with Gasteiger partial charge in [-0.15, -0.1) is 0 Å². The van der Waals surface area contributed by atoms with Crippen molar-refractivity contribution < 1.29 is 19.4 Å². The summed E-state index contributed by atoms with van der Waals surface area (Å²) >= 11 is 0. The summed E-state index contributed by atoms with van der Waals surface area (Å²) in [5.74, 6) is -1.72. The molecule has 1 aromatic rings. The van der Waals surface area contributed by atoms with Crippen LogP contribution < -0.4 is 10.1 Å². The van der Waals surface area contributed by atoms with Gasteiger partial charge in [0.1, 0.15) is 11.7 Å². The van der Waals surface area contributed by atoms with Crippen molar-refractivity contribution in [3.8, 4) is 5.75 Å². The van der Waals surface area contributed by atoms with Crippen LogP contribution in [0.2, 0.25) is 0 Å². The van der Waals surface area contributed by atoms with E-state index in [1.165, 1.54) is 6.92 Å². The first-order chi connectivity index (χ1) is 8.58. The van der Waals surface area contributed by atoms with Gasteiger partial charge in [0, 0.05) is 13.0 Å². The summed E-state index contributed by atoms with van der Waals surface area (Å²) < 4.78 is 5.38. The Morgan fingerprint density at radius 2 is 2.28 bits per heavy atom. The maximum Gasteiger partial charge on any atom is 0.315 e. The van der Waals surface area contributed by atoms with Gasteiger partial charge in [0.05, 0.1) is 6.61 Å². The van der Waals surface area contributed by atoms with Crippen molar-refractivity contribution in [2.24, 2.45) is 5.92 Å². The number of nitrogens with one attached hydrogen (secondary N) is 1. The maximum atomic E-state index is 11.5. The fourth-order valence-electron chi connectivity index (χ4n) is 1.80. The van der Waals surface area contributed by atoms with Crippen molar-refractivity contribution in [1.82, 2.24) is 5.32 Å². The summed E-state index contributed by atoms with van der Waals surface area (Å²) in [5.41, 5.74) is 2.08. The molecule has 2 N–H and O–H groups in total. The predicted octanol–water partition coefficient (Wildman–Crippen LogP) is 0.958. The molecule has 0 fully saturated rings. The number of carboxylic acid groups (broad SMARTS) is 1. The zero-order valence-corrected chi connectivity index (χ0v) is 10.1. The third-order valence-corrected chi connectivity index (χ3v) is 2.98. The lowest BCUT2D eigenvalue weighted by molar-refractivity contribution is -0.146. The highest BCUT2D eigenvalue weighted by atomic mass is 16.5. The van der Waals surface area contributed by atoms with Gasteiger partial charge in [0.2, 0.25) is 5.91 Å². The highest BCUT2D eigenvalue weighted by Gasteiger charge is 2.20. The van der Waals surface area contributed by atoms with Gasteiger partial charge in [0.15, 0.2) is 0 Å². The van der Waals surface area contributed by atoms with Crippen molar-refractivity contribution in [2.75, 3.05) is 6.61 Å². The molecule has 0 aliphatic carbocycles. The molecule has 5 heteroatoms. The fraction of sp³-hybridized carbons (Fsp3) is 0.385. The number of carbonyl (C=O) groups excluding carboxylic acids is 1. The minimum absolute atomic E-state index is 0.337. The van der Waals surface area contributed by atoms with E-state index in [2.05, 4.69) is 5.32 Å². The number of fused-ring (bicyclic) bond motifs is 1. The van der Waals surface area contributed by atoms with E-state index < -0.39 is 17.8 Å². The molecule has 5 nitrogen and oxygen atoms in total. The summed E-state index contributed by atoms with van der Waals surface area (Å²) in [4.78, 5) is 22.1. The molecule has 1 aliphatic rings. The van der Waals surface area contributed by atoms with E-state index >= 15 is 0 Å². The zero-order valence-electron chi connectivity index (χ0n) is 10.1. The molecule has 1 atom stereocenters. The number of ether oxygens (including phenoxy) is 1. The van der Waals surface area contributed by atoms with Crippen LogP contribution in [0.1, 0.15) is 18.1 Å². The summed E-state index contributed by atoms with van der Waals surface area (Å²) in [6.45, 7) is 2.40. The summed E-state index contributed by atoms with van der Waals surface area (Å²) in [7, 11) is 0. The monoisotopic (exact) mass is 249 g/mol. The van der Waals surface area contributed by atoms with Crippen LogP contribution in [0.5, 0.6) is 5.75 Å². The van der Waals surface area contributed by atoms with Crippen molar-refractivity contribution in [1.29, 1.82) is 0 Å². The molecule has 0 saturated heterocycles. The molecule has 1 amide bonds. The van der Waals surface area contributed by atoms with E-state index in [0.717, 1.165) is 23.3 Å². The topological polar surface area (TPSA) is 75.6 Å². The molecule has 0 spiro atoms. The lowest BCUT2D eigenvalue weighted by atomic mass is 10.1. The Morgan fingerprint density at radius 1 is 1.50 bits per heavy atom. The van der Waals surface area contributed by atoms with Gasteiger partial charge < -0.3 is 15.2 Å². The molecule has 0 saturated carbocycles. The second-order valence-electron chi connectivity index (χ2n) is 4.32. The van der Waals surface area contributed by atoms with Gasteiger partial charge in [-0.2, -0.15) is 0 Å². The number of hydrogen-bond acceptors (Lipinski definition) is 3. The number of rotatable bonds is 4. The first-order valence-corrected chi connectivity index (χ1v) is 5.83. The van der Waals surface area contributed by atoms with Crippen LogP contribution >= 0.6 is 0 Å². The van der Waals surface area contributed by atoms with Gasteiger partial charge in [-0.25, -0.2) is 0 Å². The molecule has 2 rings (SSSR count). The van der Waals surface area contributed by atoms with Crippen LogP contribution in [0.25, 0.3) is 0 Å². The van der Waals surface area contributed by atoms with Crippen molar-refractivity contribution in [3.05, 3.63) is 29.3 Å². The maximum absolute atomic E-state index is 11.5. The molecular weight excluding hydrogens is 234 g/mol. The van der Waals surface area contributed by atoms with Crippen LogP contribution in [0, 0.1) is 5.92 Å². The largest absolute Gasteiger partial charge is 0.493 e. The van der Waals surface area contributed by atoms with E-state index in [4.69, 9.17) is 9.84 Å². The van der Waals surface area contributed by atoms with E-state index in [-0.39, 0.29) is 0 Å². The van der Waals surface area contributed by atoms with E-state index in [0.29, 0.717) is 13.2 Å². The number of amides is 1. The molecule has 1 aromatic carbocycles. The van der Waals surface area contributed by atoms with Gasteiger partial charge >= 0.3 is 5.97 Å². The van der Waals surface area contributed by atoms with Crippen LogP contribution in [0.15, 0.2) is 18.2 Å². The quantitative estimate of drug-likeness (QED) is 0.779. The summed E-state index contributed by atoms with van der Waals surface area (Å²) in [6.07, 6.45) is 0.878. The Hall–Kier alpha value is -2.04. The zero-order chi connectivity index (χ0) is 13.1. The first-order valence-electron chi connectivity index (χ1n) is 5.83. The molecule has 1 unspecified atom stereocenters. The molecule has 96 valence electrons. The average Bonchev–Trinajstić information content (AvgIpc) is 2.82. The summed E-state index contributed by atoms with van der Waals surface area (Å²) in [6, 6.07) is 5.73. The Labute approximate surface area is 105 Å². The molecule has 0 radical (unpaired) electrons. The third-order valence-electron chi connectivity index (χ3n) is 2.98. The van der Waals surface area contributed by atoms with Gasteiger partial charge in [-0.05, 0) is 24.1 Å². The Kier molecular flexibility index (Phi) is 3.50. The highest BCUT2D eigenvalue weighted by molar-refractivity contribution is 5.96. The molecule has 1 heterocycles. The minimum atomic E-state index is -1.12. The van der Waals surface area contributed by atoms with E-state index in [1.807, 2.05) is 18.2 Å². The van der Waals surface area contributed by atoms with E-state index in [1.54, 1.807) is 0 Å². The molecule has 18 heavy (non-hydrogen) atoms. The molecule has 1 aliphatic heterocycles. The highest BCUT2D eigenvalue weighted by Crippen LogP contribution is 2.25. The fourth-order valence-corrected chi connectivity index (χ4v) is 1.80. The van der Waals surface area contributed by atoms with E-state index in [9.17, 15) is 9.59 Å². The standard InChI is InChI=1S/C13H15NO4/c1-8(13(16)17)12(15)14-7-9-2-3-11-10(6-9)4-5-18-11/h2-3,6,8H,4-5,7H2,1H3,(H,14,15)(H,16,17). The van der Waals surface area contributed by atoms with Crippen molar-refractivity contribution in [2.45, 2.75) is 19.9 Å². The Bertz CT molecular complexity index is 484. The Balaban J connectivity index is 1.94. The second-order valence-corrected chi connectivity index (χ2v) is 4.32. The number of aliphatic carboxylic acids is 1. The van der Waals surface area contributed by atoms with Gasteiger partial charge in [-0.3, -0.25) is 9.59 Å². The third kappa shape index (κ3) is 2.61. The number of carboxylic acids is 1. The second kappa shape index (κ2) is 5.08. The van der Waals surface area contributed by atoms with Crippen LogP contribution in [-0.2, 0) is 22.6 Å². The lowest BCUT2D eigenvalue weighted by Crippen LogP contribution is -2.33. The van der Waals surface area contributed by atoms with Crippen LogP contribution in [0.3, 0.4) is 0 Å². The molecule has 0 bridgehead atoms. The number of benzene rings is 1. The summed E-state index contributed by atoms with van der Waals surface area (Å²) in [5, 5.41) is 11.3. The van der Waals surface area contributed by atoms with Gasteiger partial charge in [0.25, 0.3) is 0 Å². The predicted molar refractivity (Wildman–Crippen MR) is 64.3 cm³/mol. The normalized spacial score (nSPS) is 14.5. The Morgan fingerprint density at radius 3 is 3.00 bits per heavy atom. The number of hydrogen-bond donors (Lipinski definition) is 2. The van der Waals surface area contributed by atoms with Crippen molar-refractivity contribution >= 4 is 11.9 Å². The minimum Gasteiger partial charge on any atom is -0.493 e. The van der Waals surface area contributed by atoms with Gasteiger partial charge in [-0.1, -0.05) is 12.1 Å². The average molecular weight is 249 g/mol. The smallest absolute Gasteiger partial charge is 0.315 e. The van der Waals surface area contributed by atoms with Crippen molar-refractivity contribution in [3.63, 3.8) is 0 Å². The van der Waals surface area contributed by atoms with Crippen LogP contribution in [-0.4, -0.2) is 23.6 Å². The lowest BCUT2D eigenvalue weighted by Gasteiger charge is -2.09. The molecular formula is C13H15NO4. The van der Waals surface area contributed by atoms with Crippen LogP contribution in [0.4, 0.5) is 0 Å². The molecule has 0 aromatic heterocycles. The SMILES string of the molecule is CC(C(=O)O)C(=O)NCc1ccc2c(c1)CCO2.